The molecule has 8 rings (SSSR count). The lowest BCUT2D eigenvalue weighted by Gasteiger charge is -2.33. The molecule has 0 unspecified atom stereocenters. The molecule has 4 aromatic carbocycles. The van der Waals surface area contributed by atoms with Crippen LogP contribution >= 0.6 is 0 Å². The molecule has 0 saturated heterocycles. The van der Waals surface area contributed by atoms with Crippen LogP contribution in [0.4, 0.5) is 0 Å². The smallest absolute Gasteiger partial charge is 0.434 e. The van der Waals surface area contributed by atoms with Crippen LogP contribution in [-0.2, 0) is 0 Å². The second-order valence-corrected chi connectivity index (χ2v) is 8.74. The third-order valence-electron chi connectivity index (χ3n) is 6.95. The average molecular weight is 436 g/mol. The summed E-state index contributed by atoms with van der Waals surface area (Å²) in [6.45, 7) is -0.250. The zero-order chi connectivity index (χ0) is 22.2. The highest BCUT2D eigenvalue weighted by Crippen LogP contribution is 2.43. The standard InChI is InChI=1S/C29H17BN2O2/c1-4-12-23-18(8-1)19-9-2-5-13-24(19)32(23)29-28-21(16-17-31-29)20-10-7-15-26-27(20)30(34-28)22-11-3-6-14-25(22)33-26/h1-17H. The Morgan fingerprint density at radius 3 is 2.18 bits per heavy atom. The van der Waals surface area contributed by atoms with Gasteiger partial charge in [-0.1, -0.05) is 66.7 Å². The molecule has 4 heterocycles. The molecule has 6 aromatic rings. The van der Waals surface area contributed by atoms with Crippen molar-refractivity contribution in [1.29, 1.82) is 0 Å². The lowest BCUT2D eigenvalue weighted by Crippen LogP contribution is -2.53. The van der Waals surface area contributed by atoms with Gasteiger partial charge in [0.05, 0.1) is 11.0 Å². The Morgan fingerprint density at radius 2 is 1.35 bits per heavy atom. The Labute approximate surface area is 196 Å². The van der Waals surface area contributed by atoms with Crippen molar-refractivity contribution in [2.45, 2.75) is 0 Å². The lowest BCUT2D eigenvalue weighted by molar-refractivity contribution is 0.479. The third kappa shape index (κ3) is 2.26. The zero-order valence-corrected chi connectivity index (χ0v) is 18.1. The van der Waals surface area contributed by atoms with Crippen LogP contribution in [0.5, 0.6) is 17.2 Å². The highest BCUT2D eigenvalue weighted by molar-refractivity contribution is 6.84. The molecule has 0 radical (unpaired) electrons. The largest absolute Gasteiger partial charge is 0.548 e. The van der Waals surface area contributed by atoms with Gasteiger partial charge in [0.2, 0.25) is 0 Å². The van der Waals surface area contributed by atoms with Gasteiger partial charge in [-0.3, -0.25) is 4.57 Å². The quantitative estimate of drug-likeness (QED) is 0.322. The fourth-order valence-corrected chi connectivity index (χ4v) is 5.52. The number of nitrogens with zero attached hydrogens (tertiary/aromatic N) is 2. The first kappa shape index (κ1) is 18.0. The average Bonchev–Trinajstić information content (AvgIpc) is 3.23. The van der Waals surface area contributed by atoms with E-state index in [1.807, 2.05) is 36.5 Å². The van der Waals surface area contributed by atoms with E-state index < -0.39 is 0 Å². The van der Waals surface area contributed by atoms with Crippen molar-refractivity contribution < 1.29 is 9.39 Å². The molecule has 2 aromatic heterocycles. The van der Waals surface area contributed by atoms with Crippen LogP contribution in [0.1, 0.15) is 0 Å². The van der Waals surface area contributed by atoms with Crippen molar-refractivity contribution in [3.8, 4) is 34.2 Å². The van der Waals surface area contributed by atoms with E-state index in [2.05, 4.69) is 71.3 Å². The van der Waals surface area contributed by atoms with E-state index in [4.69, 9.17) is 14.4 Å². The summed E-state index contributed by atoms with van der Waals surface area (Å²) in [5.74, 6) is 3.28. The van der Waals surface area contributed by atoms with E-state index in [-0.39, 0.29) is 6.92 Å². The first-order valence-electron chi connectivity index (χ1n) is 11.4. The topological polar surface area (TPSA) is 36.3 Å². The predicted octanol–water partition coefficient (Wildman–Crippen LogP) is 5.45. The van der Waals surface area contributed by atoms with Gasteiger partial charge in [0, 0.05) is 33.5 Å². The summed E-state index contributed by atoms with van der Waals surface area (Å²) >= 11 is 0. The molecule has 0 saturated carbocycles. The molecule has 0 fully saturated rings. The third-order valence-corrected chi connectivity index (χ3v) is 6.95. The van der Waals surface area contributed by atoms with Crippen LogP contribution < -0.4 is 20.3 Å². The van der Waals surface area contributed by atoms with Gasteiger partial charge in [-0.15, -0.1) is 0 Å². The maximum absolute atomic E-state index is 6.86. The van der Waals surface area contributed by atoms with E-state index in [9.17, 15) is 0 Å². The van der Waals surface area contributed by atoms with Crippen molar-refractivity contribution in [2.24, 2.45) is 0 Å². The maximum atomic E-state index is 6.86. The fraction of sp³-hybridized carbons (Fsp3) is 0. The number of hydrogen-bond acceptors (Lipinski definition) is 3. The summed E-state index contributed by atoms with van der Waals surface area (Å²) in [5.41, 5.74) is 6.49. The number of hydrogen-bond donors (Lipinski definition) is 0. The van der Waals surface area contributed by atoms with Crippen molar-refractivity contribution in [2.75, 3.05) is 0 Å². The van der Waals surface area contributed by atoms with Crippen molar-refractivity contribution >= 4 is 39.6 Å². The normalized spacial score (nSPS) is 13.1. The number of aromatic nitrogens is 2. The van der Waals surface area contributed by atoms with Crippen LogP contribution in [0.15, 0.2) is 103 Å². The SMILES string of the molecule is c1ccc2c(c1)Oc1cccc3c1B2Oc1c-3ccnc1-n1c2ccccc2c2ccccc21. The Balaban J connectivity index is 1.46. The summed E-state index contributed by atoms with van der Waals surface area (Å²) in [6.07, 6.45) is 1.87. The van der Waals surface area contributed by atoms with Crippen molar-refractivity contribution in [1.82, 2.24) is 9.55 Å². The number of ether oxygens (including phenoxy) is 1. The van der Waals surface area contributed by atoms with Gasteiger partial charge in [-0.2, -0.15) is 0 Å². The summed E-state index contributed by atoms with van der Waals surface area (Å²) in [5, 5.41) is 2.40. The minimum Gasteiger partial charge on any atom is -0.548 e. The summed E-state index contributed by atoms with van der Waals surface area (Å²) < 4.78 is 15.3. The van der Waals surface area contributed by atoms with E-state index in [0.717, 1.165) is 56.2 Å². The molecular formula is C29H17BN2O2. The minimum absolute atomic E-state index is 0.250. The molecule has 0 aliphatic carbocycles. The van der Waals surface area contributed by atoms with Gasteiger partial charge in [-0.25, -0.2) is 4.98 Å². The van der Waals surface area contributed by atoms with Gasteiger partial charge in [0.25, 0.3) is 0 Å². The van der Waals surface area contributed by atoms with Gasteiger partial charge in [-0.05, 0) is 35.9 Å². The van der Waals surface area contributed by atoms with Crippen molar-refractivity contribution in [3.05, 3.63) is 103 Å². The van der Waals surface area contributed by atoms with Crippen LogP contribution in [-0.4, -0.2) is 16.5 Å². The van der Waals surface area contributed by atoms with Crippen LogP contribution in [0.2, 0.25) is 0 Å². The molecule has 5 heteroatoms. The number of benzene rings is 4. The monoisotopic (exact) mass is 436 g/mol. The molecule has 2 aliphatic heterocycles. The Hall–Kier alpha value is -4.51. The minimum atomic E-state index is -0.250. The second-order valence-electron chi connectivity index (χ2n) is 8.74. The summed E-state index contributed by atoms with van der Waals surface area (Å²) in [6, 6.07) is 33.3. The van der Waals surface area contributed by atoms with Crippen LogP contribution in [0, 0.1) is 0 Å². The number of para-hydroxylation sites is 3. The summed E-state index contributed by atoms with van der Waals surface area (Å²) in [7, 11) is 0. The maximum Gasteiger partial charge on any atom is 0.434 e. The molecule has 34 heavy (non-hydrogen) atoms. The molecule has 0 N–H and O–H groups in total. The molecule has 158 valence electrons. The summed E-state index contributed by atoms with van der Waals surface area (Å²) in [4.78, 5) is 4.88. The Kier molecular flexibility index (Phi) is 3.45. The van der Waals surface area contributed by atoms with Gasteiger partial charge in [0.15, 0.2) is 11.6 Å². The Morgan fingerprint density at radius 1 is 0.647 bits per heavy atom. The van der Waals surface area contributed by atoms with Gasteiger partial charge < -0.3 is 9.39 Å². The van der Waals surface area contributed by atoms with Crippen LogP contribution in [0.3, 0.4) is 0 Å². The number of fused-ring (bicyclic) bond motifs is 7. The molecule has 4 nitrogen and oxygen atoms in total. The highest BCUT2D eigenvalue weighted by atomic mass is 16.5. The van der Waals surface area contributed by atoms with Gasteiger partial charge >= 0.3 is 6.92 Å². The first-order valence-corrected chi connectivity index (χ1v) is 11.4. The van der Waals surface area contributed by atoms with E-state index in [1.165, 1.54) is 10.8 Å². The lowest BCUT2D eigenvalue weighted by atomic mass is 9.51. The molecule has 0 amide bonds. The number of pyridine rings is 1. The van der Waals surface area contributed by atoms with E-state index in [1.54, 1.807) is 0 Å². The molecule has 0 bridgehead atoms. The Bertz CT molecular complexity index is 1740. The zero-order valence-electron chi connectivity index (χ0n) is 18.1. The number of rotatable bonds is 1. The molecule has 0 spiro atoms. The first-order chi connectivity index (χ1) is 16.9. The highest BCUT2D eigenvalue weighted by Gasteiger charge is 2.41. The molecular weight excluding hydrogens is 419 g/mol. The van der Waals surface area contributed by atoms with Crippen molar-refractivity contribution in [3.63, 3.8) is 0 Å². The van der Waals surface area contributed by atoms with Gasteiger partial charge in [0.1, 0.15) is 11.5 Å². The van der Waals surface area contributed by atoms with Crippen LogP contribution in [0.25, 0.3) is 38.8 Å². The molecule has 2 aliphatic rings. The fourth-order valence-electron chi connectivity index (χ4n) is 5.52. The van der Waals surface area contributed by atoms with E-state index in [0.29, 0.717) is 0 Å². The predicted molar refractivity (Wildman–Crippen MR) is 136 cm³/mol. The molecule has 0 atom stereocenters. The second kappa shape index (κ2) is 6.52. The van der Waals surface area contributed by atoms with E-state index >= 15 is 0 Å².